The molecule has 0 spiro atoms. The average molecular weight is 481 g/mol. The van der Waals surface area contributed by atoms with E-state index in [9.17, 15) is 29.3 Å². The van der Waals surface area contributed by atoms with Gasteiger partial charge < -0.3 is 9.64 Å². The number of carbonyl (C=O) groups is 4. The maximum atomic E-state index is 13.1. The molecule has 3 atom stereocenters. The van der Waals surface area contributed by atoms with Gasteiger partial charge in [-0.2, -0.15) is 0 Å². The summed E-state index contributed by atoms with van der Waals surface area (Å²) in [6.45, 7) is 3.50. The number of amides is 3. The van der Waals surface area contributed by atoms with Crippen molar-refractivity contribution >= 4 is 41.1 Å². The summed E-state index contributed by atoms with van der Waals surface area (Å²) in [6, 6.07) is 10.2. The first-order valence-corrected chi connectivity index (χ1v) is 11.4. The molecule has 11 heteroatoms. The number of hydrogen-bond acceptors (Lipinski definition) is 8. The van der Waals surface area contributed by atoms with Crippen molar-refractivity contribution in [3.05, 3.63) is 75.3 Å². The molecule has 3 aliphatic heterocycles. The smallest absolute Gasteiger partial charge is 0.330 e. The van der Waals surface area contributed by atoms with E-state index in [0.29, 0.717) is 5.56 Å². The van der Waals surface area contributed by atoms with E-state index < -0.39 is 50.8 Å². The molecule has 3 heterocycles. The Morgan fingerprint density at radius 1 is 1.06 bits per heavy atom. The van der Waals surface area contributed by atoms with Gasteiger partial charge in [-0.05, 0) is 43.7 Å². The Balaban J connectivity index is 1.31. The maximum Gasteiger partial charge on any atom is 0.330 e. The van der Waals surface area contributed by atoms with E-state index in [1.165, 1.54) is 40.9 Å². The minimum absolute atomic E-state index is 0.0726. The van der Waals surface area contributed by atoms with Crippen molar-refractivity contribution < 1.29 is 28.8 Å². The van der Waals surface area contributed by atoms with E-state index in [0.717, 1.165) is 4.90 Å². The molecule has 0 radical (unpaired) electrons. The molecule has 2 saturated heterocycles. The van der Waals surface area contributed by atoms with Gasteiger partial charge in [-0.1, -0.05) is 12.1 Å². The molecular formula is C23H19N3O7S. The second kappa shape index (κ2) is 7.66. The van der Waals surface area contributed by atoms with Gasteiger partial charge in [-0.25, -0.2) is 4.79 Å². The highest BCUT2D eigenvalue weighted by Crippen LogP contribution is 2.53. The number of rotatable bonds is 5. The lowest BCUT2D eigenvalue weighted by molar-refractivity contribution is -0.384. The van der Waals surface area contributed by atoms with Crippen molar-refractivity contribution in [3.63, 3.8) is 0 Å². The van der Waals surface area contributed by atoms with Crippen LogP contribution in [0.5, 0.6) is 0 Å². The van der Waals surface area contributed by atoms with Crippen LogP contribution in [0.2, 0.25) is 0 Å². The summed E-state index contributed by atoms with van der Waals surface area (Å²) in [5.74, 6) is -2.12. The fourth-order valence-electron chi connectivity index (χ4n) is 4.62. The van der Waals surface area contributed by atoms with Gasteiger partial charge in [0.2, 0.25) is 0 Å². The van der Waals surface area contributed by atoms with Gasteiger partial charge in [0.1, 0.15) is 24.1 Å². The first-order valence-electron chi connectivity index (χ1n) is 10.5. The largest absolute Gasteiger partial charge is 0.459 e. The Morgan fingerprint density at radius 3 is 2.21 bits per heavy atom. The Hall–Kier alpha value is -3.73. The molecule has 3 aliphatic rings. The highest BCUT2D eigenvalue weighted by atomic mass is 32.2. The molecule has 10 nitrogen and oxygen atoms in total. The molecular weight excluding hydrogens is 462 g/mol. The lowest BCUT2D eigenvalue weighted by atomic mass is 9.95. The van der Waals surface area contributed by atoms with E-state index in [4.69, 9.17) is 4.74 Å². The number of thioether (sulfide) groups is 1. The first-order chi connectivity index (χ1) is 16.1. The van der Waals surface area contributed by atoms with Crippen molar-refractivity contribution in [3.8, 4) is 0 Å². The van der Waals surface area contributed by atoms with Crippen LogP contribution in [-0.4, -0.2) is 60.6 Å². The molecule has 3 amide bonds. The van der Waals surface area contributed by atoms with Gasteiger partial charge in [0.05, 0.1) is 16.1 Å². The van der Waals surface area contributed by atoms with Gasteiger partial charge >= 0.3 is 5.97 Å². The SMILES string of the molecule is CC1(C)SC2C(N3C(=O)c4ccccc4C3=O)C(=O)N2C1C(=O)OCc1ccc([N+](=O)[O-])cc1. The number of non-ortho nitro benzene ring substituents is 1. The zero-order valence-corrected chi connectivity index (χ0v) is 19.0. The highest BCUT2D eigenvalue weighted by Gasteiger charge is 2.67. The van der Waals surface area contributed by atoms with Crippen LogP contribution in [0.25, 0.3) is 0 Å². The third kappa shape index (κ3) is 3.18. The van der Waals surface area contributed by atoms with Gasteiger partial charge in [0, 0.05) is 16.9 Å². The van der Waals surface area contributed by atoms with E-state index in [1.54, 1.807) is 38.1 Å². The van der Waals surface area contributed by atoms with E-state index in [2.05, 4.69) is 0 Å². The third-order valence-electron chi connectivity index (χ3n) is 6.27. The molecule has 0 aromatic heterocycles. The number of carbonyl (C=O) groups excluding carboxylic acids is 4. The first kappa shape index (κ1) is 22.1. The summed E-state index contributed by atoms with van der Waals surface area (Å²) >= 11 is 1.35. The number of β-lactam (4-membered cyclic amide) rings is 1. The molecule has 2 fully saturated rings. The maximum absolute atomic E-state index is 13.1. The molecule has 3 unspecified atom stereocenters. The van der Waals surface area contributed by atoms with Gasteiger partial charge in [0.25, 0.3) is 23.4 Å². The van der Waals surface area contributed by atoms with Crippen LogP contribution in [0, 0.1) is 10.1 Å². The van der Waals surface area contributed by atoms with E-state index in [1.807, 2.05) is 0 Å². The highest BCUT2D eigenvalue weighted by molar-refractivity contribution is 8.01. The Labute approximate surface area is 198 Å². The summed E-state index contributed by atoms with van der Waals surface area (Å²) in [7, 11) is 0. The molecule has 0 bridgehead atoms. The molecule has 5 rings (SSSR count). The number of ether oxygens (including phenoxy) is 1. The molecule has 2 aromatic rings. The van der Waals surface area contributed by atoms with Crippen molar-refractivity contribution in [2.24, 2.45) is 0 Å². The van der Waals surface area contributed by atoms with E-state index in [-0.39, 0.29) is 23.4 Å². The quantitative estimate of drug-likeness (QED) is 0.209. The van der Waals surface area contributed by atoms with Crippen LogP contribution in [0.4, 0.5) is 5.69 Å². The summed E-state index contributed by atoms with van der Waals surface area (Å²) in [5.41, 5.74) is 1.02. The van der Waals surface area contributed by atoms with Crippen molar-refractivity contribution in [2.75, 3.05) is 0 Å². The van der Waals surface area contributed by atoms with E-state index >= 15 is 0 Å². The van der Waals surface area contributed by atoms with Crippen LogP contribution >= 0.6 is 11.8 Å². The lowest BCUT2D eigenvalue weighted by Crippen LogP contribution is -2.71. The number of benzene rings is 2. The van der Waals surface area contributed by atoms with Crippen molar-refractivity contribution in [2.45, 2.75) is 42.7 Å². The predicted molar refractivity (Wildman–Crippen MR) is 120 cm³/mol. The Morgan fingerprint density at radius 2 is 1.65 bits per heavy atom. The van der Waals surface area contributed by atoms with Crippen LogP contribution in [0.15, 0.2) is 48.5 Å². The molecule has 34 heavy (non-hydrogen) atoms. The Kier molecular flexibility index (Phi) is 4.97. The normalized spacial score (nSPS) is 24.5. The molecule has 0 N–H and O–H groups in total. The molecule has 2 aromatic carbocycles. The molecule has 0 aliphatic carbocycles. The summed E-state index contributed by atoms with van der Waals surface area (Å²) < 4.78 is 4.72. The zero-order chi connectivity index (χ0) is 24.4. The fourth-order valence-corrected chi connectivity index (χ4v) is 6.29. The number of nitro groups is 1. The number of imide groups is 1. The summed E-state index contributed by atoms with van der Waals surface area (Å²) in [5, 5.41) is 10.2. The summed E-state index contributed by atoms with van der Waals surface area (Å²) in [4.78, 5) is 64.5. The van der Waals surface area contributed by atoms with Crippen LogP contribution in [0.1, 0.15) is 40.1 Å². The topological polar surface area (TPSA) is 127 Å². The predicted octanol–water partition coefficient (Wildman–Crippen LogP) is 2.37. The lowest BCUT2D eigenvalue weighted by Gasteiger charge is -2.46. The van der Waals surface area contributed by atoms with Crippen molar-refractivity contribution in [1.82, 2.24) is 9.80 Å². The summed E-state index contributed by atoms with van der Waals surface area (Å²) in [6.07, 6.45) is 0. The third-order valence-corrected chi connectivity index (χ3v) is 7.83. The monoisotopic (exact) mass is 481 g/mol. The number of esters is 1. The average Bonchev–Trinajstić information content (AvgIpc) is 3.21. The zero-order valence-electron chi connectivity index (χ0n) is 18.2. The second-order valence-electron chi connectivity index (χ2n) is 8.76. The van der Waals surface area contributed by atoms with Gasteiger partial charge in [-0.15, -0.1) is 11.8 Å². The number of nitro benzene ring substituents is 1. The fraction of sp³-hybridized carbons (Fsp3) is 0.304. The van der Waals surface area contributed by atoms with Gasteiger partial charge in [-0.3, -0.25) is 29.4 Å². The molecule has 174 valence electrons. The van der Waals surface area contributed by atoms with Crippen LogP contribution in [-0.2, 0) is 20.9 Å². The number of hydrogen-bond donors (Lipinski definition) is 0. The van der Waals surface area contributed by atoms with Gasteiger partial charge in [0.15, 0.2) is 0 Å². The van der Waals surface area contributed by atoms with Crippen LogP contribution < -0.4 is 0 Å². The standard InChI is InChI=1S/C23H19N3O7S/c1-23(2)17(22(30)33-11-12-7-9-13(10-8-12)26(31)32)25-20(29)16(21(25)34-23)24-18(27)14-5-3-4-6-15(14)19(24)28/h3-10,16-17,21H,11H2,1-2H3. The molecule has 0 saturated carbocycles. The number of nitrogens with zero attached hydrogens (tertiary/aromatic N) is 3. The Bertz CT molecular complexity index is 1220. The second-order valence-corrected chi connectivity index (χ2v) is 10.5. The minimum atomic E-state index is -0.982. The van der Waals surface area contributed by atoms with Crippen LogP contribution in [0.3, 0.4) is 0 Å². The number of fused-ring (bicyclic) bond motifs is 2. The minimum Gasteiger partial charge on any atom is -0.459 e. The van der Waals surface area contributed by atoms with Crippen molar-refractivity contribution in [1.29, 1.82) is 0 Å².